The highest BCUT2D eigenvalue weighted by Gasteiger charge is 2.53. The van der Waals surface area contributed by atoms with Crippen LogP contribution in [0.3, 0.4) is 0 Å². The molecule has 0 aromatic rings. The molecule has 0 aromatic heterocycles. The maximum Gasteiger partial charge on any atom is 0.220 e. The van der Waals surface area contributed by atoms with Crippen LogP contribution in [-0.4, -0.2) is 193 Å². The van der Waals surface area contributed by atoms with Gasteiger partial charge in [-0.05, 0) is 38.5 Å². The van der Waals surface area contributed by atoms with Crippen molar-refractivity contribution in [3.63, 3.8) is 0 Å². The lowest BCUT2D eigenvalue weighted by Gasteiger charge is -2.48. The number of ether oxygens (including phenoxy) is 6. The summed E-state index contributed by atoms with van der Waals surface area (Å²) in [4.78, 5) is 12.7. The molecule has 0 radical (unpaired) electrons. The van der Waals surface area contributed by atoms with E-state index in [-0.39, 0.29) is 18.9 Å². The number of rotatable bonds is 24. The fourth-order valence-electron chi connectivity index (χ4n) is 6.69. The smallest absolute Gasteiger partial charge is 0.220 e. The Balaban J connectivity index is 1.63. The van der Waals surface area contributed by atoms with Crippen molar-refractivity contribution >= 4 is 5.91 Å². The molecule has 3 aliphatic heterocycles. The third kappa shape index (κ3) is 14.6. The molecule has 0 bridgehead atoms. The first-order valence-corrected chi connectivity index (χ1v) is 20.2. The van der Waals surface area contributed by atoms with Crippen molar-refractivity contribution < 1.29 is 89.4 Å². The summed E-state index contributed by atoms with van der Waals surface area (Å²) < 4.78 is 33.7. The Labute approximate surface area is 339 Å². The van der Waals surface area contributed by atoms with Gasteiger partial charge in [-0.2, -0.15) is 0 Å². The standard InChI is InChI=1S/C39H67NO18/c1-3-5-7-8-9-10-11-12-13-15-16-23(44)22(40-27(45)17-14-6-4-2)21-53-37-33(51)30(48)35(25(19-42)55-37)58-39-34(52)31(49)36(26(20-43)56-39)57-38-32(50)29(47)28(46)24(18-41)54-38/h5,7,10-11,15-16,22-26,28-39,41-44,46-52H,3-4,6,8-9,12-14,17-21H2,1-2H3,(H,40,45)/b7-5+,11-10+,16-15+. The van der Waals surface area contributed by atoms with Gasteiger partial charge in [0.2, 0.25) is 5.91 Å². The van der Waals surface area contributed by atoms with Crippen molar-refractivity contribution in [2.75, 3.05) is 26.4 Å². The first-order valence-electron chi connectivity index (χ1n) is 20.2. The van der Waals surface area contributed by atoms with Crippen LogP contribution in [-0.2, 0) is 33.2 Å². The zero-order valence-electron chi connectivity index (χ0n) is 33.2. The highest BCUT2D eigenvalue weighted by molar-refractivity contribution is 5.76. The maximum atomic E-state index is 12.7. The molecule has 12 N–H and O–H groups in total. The minimum Gasteiger partial charge on any atom is -0.394 e. The molecule has 3 heterocycles. The second-order valence-corrected chi connectivity index (χ2v) is 14.7. The number of carbonyl (C=O) groups excluding carboxylic acids is 1. The van der Waals surface area contributed by atoms with Crippen LogP contribution in [0.4, 0.5) is 0 Å². The third-order valence-electron chi connectivity index (χ3n) is 10.2. The predicted molar refractivity (Wildman–Crippen MR) is 203 cm³/mol. The van der Waals surface area contributed by atoms with Gasteiger partial charge in [-0.3, -0.25) is 4.79 Å². The molecule has 3 saturated heterocycles. The van der Waals surface area contributed by atoms with Gasteiger partial charge in [-0.25, -0.2) is 0 Å². The molecule has 58 heavy (non-hydrogen) atoms. The van der Waals surface area contributed by atoms with E-state index in [4.69, 9.17) is 28.4 Å². The molecule has 0 saturated carbocycles. The first kappa shape index (κ1) is 50.4. The molecule has 3 aliphatic rings. The molecular weight excluding hydrogens is 770 g/mol. The third-order valence-corrected chi connectivity index (χ3v) is 10.2. The summed E-state index contributed by atoms with van der Waals surface area (Å²) >= 11 is 0. The lowest BCUT2D eigenvalue weighted by molar-refractivity contribution is -0.379. The molecule has 19 heteroatoms. The molecule has 0 spiro atoms. The van der Waals surface area contributed by atoms with Crippen LogP contribution in [0.25, 0.3) is 0 Å². The summed E-state index contributed by atoms with van der Waals surface area (Å²) in [6, 6.07) is -0.985. The van der Waals surface area contributed by atoms with Crippen LogP contribution in [0.2, 0.25) is 0 Å². The minimum atomic E-state index is -1.98. The molecule has 17 atom stereocenters. The lowest BCUT2D eigenvalue weighted by Crippen LogP contribution is -2.66. The van der Waals surface area contributed by atoms with Gasteiger partial charge in [0.1, 0.15) is 73.2 Å². The number of hydrogen-bond acceptors (Lipinski definition) is 18. The highest BCUT2D eigenvalue weighted by Crippen LogP contribution is 2.32. The number of allylic oxidation sites excluding steroid dienone is 5. The van der Waals surface area contributed by atoms with Crippen molar-refractivity contribution in [1.29, 1.82) is 0 Å². The largest absolute Gasteiger partial charge is 0.394 e. The minimum absolute atomic E-state index is 0.216. The number of unbranched alkanes of at least 4 members (excludes halogenated alkanes) is 4. The van der Waals surface area contributed by atoms with Crippen molar-refractivity contribution in [2.24, 2.45) is 0 Å². The molecule has 3 fully saturated rings. The number of carbonyl (C=O) groups is 1. The SMILES string of the molecule is CC/C=C/CC/C=C/CC/C=C/C(O)C(COC1OC(CO)C(OC2OC(CO)C(OC3OC(CO)C(O)C(O)C3O)C(O)C2O)C(O)C1O)NC(=O)CCCCC. The highest BCUT2D eigenvalue weighted by atomic mass is 16.8. The van der Waals surface area contributed by atoms with Gasteiger partial charge in [-0.1, -0.05) is 63.1 Å². The Morgan fingerprint density at radius 1 is 0.621 bits per heavy atom. The summed E-state index contributed by atoms with van der Waals surface area (Å²) in [5.74, 6) is -0.323. The van der Waals surface area contributed by atoms with Crippen LogP contribution in [0.15, 0.2) is 36.5 Å². The molecule has 336 valence electrons. The summed E-state index contributed by atoms with van der Waals surface area (Å²) in [5.41, 5.74) is 0. The van der Waals surface area contributed by atoms with Crippen molar-refractivity contribution in [1.82, 2.24) is 5.32 Å². The molecule has 0 aliphatic carbocycles. The van der Waals surface area contributed by atoms with Crippen LogP contribution in [0.5, 0.6) is 0 Å². The zero-order valence-corrected chi connectivity index (χ0v) is 33.2. The Morgan fingerprint density at radius 2 is 1.10 bits per heavy atom. The Bertz CT molecular complexity index is 1240. The molecule has 19 nitrogen and oxygen atoms in total. The van der Waals surface area contributed by atoms with E-state index in [9.17, 15) is 61.0 Å². The Morgan fingerprint density at radius 3 is 1.64 bits per heavy atom. The van der Waals surface area contributed by atoms with Crippen LogP contribution in [0, 0.1) is 0 Å². The molecule has 17 unspecified atom stereocenters. The van der Waals surface area contributed by atoms with E-state index in [1.165, 1.54) is 6.08 Å². The van der Waals surface area contributed by atoms with E-state index < -0.39 is 124 Å². The second kappa shape index (κ2) is 26.4. The van der Waals surface area contributed by atoms with E-state index in [2.05, 4.69) is 36.5 Å². The van der Waals surface area contributed by atoms with Gasteiger partial charge in [0.05, 0.1) is 38.6 Å². The van der Waals surface area contributed by atoms with Crippen molar-refractivity contribution in [2.45, 2.75) is 176 Å². The fourth-order valence-corrected chi connectivity index (χ4v) is 6.69. The molecule has 0 aromatic carbocycles. The predicted octanol–water partition coefficient (Wildman–Crippen LogP) is -2.48. The Hall–Kier alpha value is -1.99. The number of amides is 1. The average Bonchev–Trinajstić information content (AvgIpc) is 3.21. The average molecular weight is 838 g/mol. The number of nitrogens with one attached hydrogen (secondary N) is 1. The maximum absolute atomic E-state index is 12.7. The van der Waals surface area contributed by atoms with Gasteiger partial charge in [-0.15, -0.1) is 0 Å². The van der Waals surface area contributed by atoms with Crippen LogP contribution < -0.4 is 5.32 Å². The number of aliphatic hydroxyl groups excluding tert-OH is 11. The monoisotopic (exact) mass is 837 g/mol. The second-order valence-electron chi connectivity index (χ2n) is 14.7. The quantitative estimate of drug-likeness (QED) is 0.0354. The number of aliphatic hydroxyl groups is 11. The van der Waals surface area contributed by atoms with E-state index in [0.717, 1.165) is 38.5 Å². The van der Waals surface area contributed by atoms with E-state index in [0.29, 0.717) is 12.8 Å². The number of hydrogen-bond donors (Lipinski definition) is 12. The van der Waals surface area contributed by atoms with Crippen molar-refractivity contribution in [3.8, 4) is 0 Å². The van der Waals surface area contributed by atoms with Gasteiger partial charge in [0.15, 0.2) is 18.9 Å². The van der Waals surface area contributed by atoms with E-state index in [1.807, 2.05) is 6.92 Å². The van der Waals surface area contributed by atoms with E-state index >= 15 is 0 Å². The van der Waals surface area contributed by atoms with Crippen LogP contribution in [0.1, 0.15) is 71.6 Å². The Kier molecular flexibility index (Phi) is 22.9. The summed E-state index contributed by atoms with van der Waals surface area (Å²) in [6.07, 6.45) is -8.27. The van der Waals surface area contributed by atoms with E-state index in [1.54, 1.807) is 6.08 Å². The summed E-state index contributed by atoms with van der Waals surface area (Å²) in [6.45, 7) is 1.28. The van der Waals surface area contributed by atoms with Gasteiger partial charge >= 0.3 is 0 Å². The topological polar surface area (TPSA) is 307 Å². The first-order chi connectivity index (χ1) is 27.8. The van der Waals surface area contributed by atoms with Gasteiger partial charge in [0, 0.05) is 6.42 Å². The fraction of sp³-hybridized carbons (Fsp3) is 0.821. The van der Waals surface area contributed by atoms with Gasteiger partial charge in [0.25, 0.3) is 0 Å². The normalized spacial score (nSPS) is 37.2. The molecule has 1 amide bonds. The van der Waals surface area contributed by atoms with Crippen LogP contribution >= 0.6 is 0 Å². The molecule has 3 rings (SSSR count). The zero-order chi connectivity index (χ0) is 42.8. The van der Waals surface area contributed by atoms with Gasteiger partial charge < -0.3 is 89.9 Å². The lowest BCUT2D eigenvalue weighted by atomic mass is 9.96. The van der Waals surface area contributed by atoms with Crippen molar-refractivity contribution in [3.05, 3.63) is 36.5 Å². The molecular formula is C39H67NO18. The summed E-state index contributed by atoms with van der Waals surface area (Å²) in [7, 11) is 0. The summed E-state index contributed by atoms with van der Waals surface area (Å²) in [5, 5.41) is 118.